The maximum absolute atomic E-state index is 14.9. The van der Waals surface area contributed by atoms with Crippen LogP contribution in [0.25, 0.3) is 21.8 Å². The summed E-state index contributed by atoms with van der Waals surface area (Å²) in [6, 6.07) is 13.8. The fraction of sp³-hybridized carbons (Fsp3) is 0.442. The van der Waals surface area contributed by atoms with E-state index in [0.29, 0.717) is 40.4 Å². The highest BCUT2D eigenvalue weighted by Gasteiger charge is 2.31. The Labute approximate surface area is 356 Å². The molecule has 5 aromatic rings. The molecule has 2 atom stereocenters. The van der Waals surface area contributed by atoms with E-state index in [-0.39, 0.29) is 53.6 Å². The van der Waals surface area contributed by atoms with Crippen molar-refractivity contribution in [1.29, 1.82) is 5.26 Å². The molecule has 3 fully saturated rings. The molecule has 3 aliphatic rings. The first kappa shape index (κ1) is 43.5. The molecule has 15 nitrogen and oxygen atoms in total. The average Bonchev–Trinajstić information content (AvgIpc) is 3.87. The molecule has 0 bridgehead atoms. The Morgan fingerprint density at radius 2 is 1.85 bits per heavy atom. The Kier molecular flexibility index (Phi) is 13.8. The Morgan fingerprint density at radius 3 is 2.61 bits per heavy atom. The van der Waals surface area contributed by atoms with Crippen LogP contribution in [0.1, 0.15) is 70.4 Å². The van der Waals surface area contributed by atoms with Gasteiger partial charge >= 0.3 is 6.03 Å². The van der Waals surface area contributed by atoms with Crippen molar-refractivity contribution in [3.05, 3.63) is 82.4 Å². The number of carbonyl (C=O) groups excluding carboxylic acids is 2. The second-order valence-corrected chi connectivity index (χ2v) is 16.5. The van der Waals surface area contributed by atoms with Crippen molar-refractivity contribution in [3.8, 4) is 17.6 Å². The second kappa shape index (κ2) is 19.4. The number of rotatable bonds is 12. The molecule has 2 aromatic heterocycles. The van der Waals surface area contributed by atoms with Gasteiger partial charge in [0.25, 0.3) is 5.56 Å². The number of ether oxygens (including phenoxy) is 2. The van der Waals surface area contributed by atoms with Crippen LogP contribution in [0.3, 0.4) is 0 Å². The van der Waals surface area contributed by atoms with Gasteiger partial charge in [-0.3, -0.25) is 34.0 Å². The van der Waals surface area contributed by atoms with Gasteiger partial charge in [0.2, 0.25) is 5.91 Å². The van der Waals surface area contributed by atoms with Crippen LogP contribution in [0.2, 0.25) is 0 Å². The summed E-state index contributed by atoms with van der Waals surface area (Å²) in [5.41, 5.74) is 1.47. The minimum Gasteiger partial charge on any atom is -0.453 e. The number of halogens is 2. The number of aromatic nitrogens is 4. The van der Waals surface area contributed by atoms with E-state index in [1.54, 1.807) is 46.9 Å². The van der Waals surface area contributed by atoms with Crippen LogP contribution >= 0.6 is 12.1 Å². The molecule has 1 aliphatic carbocycles. The summed E-state index contributed by atoms with van der Waals surface area (Å²) in [6.45, 7) is 7.40. The summed E-state index contributed by atoms with van der Waals surface area (Å²) in [5, 5.41) is 17.2. The summed E-state index contributed by atoms with van der Waals surface area (Å²) < 4.78 is 48.5. The zero-order valence-corrected chi connectivity index (χ0v) is 35.5. The molecule has 3 amide bonds. The van der Waals surface area contributed by atoms with Crippen molar-refractivity contribution in [2.75, 3.05) is 49.5 Å². The lowest BCUT2D eigenvalue weighted by Gasteiger charge is -2.31. The Balaban J connectivity index is 0.000000245. The highest BCUT2D eigenvalue weighted by Crippen LogP contribution is 2.35. The Hall–Kier alpha value is -5.61. The number of aryl methyl sites for hydroxylation is 1. The van der Waals surface area contributed by atoms with Gasteiger partial charge in [-0.05, 0) is 81.8 Å². The molecular weight excluding hydrogens is 807 g/mol. The van der Waals surface area contributed by atoms with Crippen LogP contribution < -0.4 is 25.2 Å². The van der Waals surface area contributed by atoms with Crippen molar-refractivity contribution in [1.82, 2.24) is 33.9 Å². The Bertz CT molecular complexity index is 2500. The summed E-state index contributed by atoms with van der Waals surface area (Å²) in [7, 11) is 3.62. The van der Waals surface area contributed by atoms with E-state index < -0.39 is 17.7 Å². The van der Waals surface area contributed by atoms with Crippen LogP contribution in [0.4, 0.5) is 25.1 Å². The largest absolute Gasteiger partial charge is 0.453 e. The number of carbonyl (C=O) groups is 2. The van der Waals surface area contributed by atoms with E-state index in [4.69, 9.17) is 9.47 Å². The lowest BCUT2D eigenvalue weighted by Crippen LogP contribution is -2.49. The van der Waals surface area contributed by atoms with E-state index in [1.807, 2.05) is 31.3 Å². The number of imide groups is 1. The molecule has 322 valence electrons. The molecule has 2 saturated heterocycles. The zero-order valence-electron chi connectivity index (χ0n) is 34.7. The molecule has 4 heterocycles. The molecule has 8 rings (SSSR count). The highest BCUT2D eigenvalue weighted by molar-refractivity contribution is 7.98. The third-order valence-electron chi connectivity index (χ3n) is 11.4. The number of anilines is 2. The zero-order chi connectivity index (χ0) is 43.2. The lowest BCUT2D eigenvalue weighted by molar-refractivity contribution is -0.120. The van der Waals surface area contributed by atoms with E-state index in [1.165, 1.54) is 73.4 Å². The summed E-state index contributed by atoms with van der Waals surface area (Å²) in [4.78, 5) is 44.8. The maximum atomic E-state index is 14.9. The van der Waals surface area contributed by atoms with Crippen molar-refractivity contribution >= 4 is 57.4 Å². The number of amides is 3. The minimum absolute atomic E-state index is 0.0374. The first-order valence-corrected chi connectivity index (χ1v) is 21.4. The van der Waals surface area contributed by atoms with Gasteiger partial charge in [0.05, 0.1) is 47.2 Å². The third-order valence-corrected chi connectivity index (χ3v) is 12.3. The maximum Gasteiger partial charge on any atom is 0.329 e. The van der Waals surface area contributed by atoms with Crippen molar-refractivity contribution in [3.63, 3.8) is 0 Å². The molecule has 3 aromatic carbocycles. The fourth-order valence-corrected chi connectivity index (χ4v) is 8.42. The van der Waals surface area contributed by atoms with Gasteiger partial charge in [-0.25, -0.2) is 22.9 Å². The fourth-order valence-electron chi connectivity index (χ4n) is 7.86. The van der Waals surface area contributed by atoms with Gasteiger partial charge in [-0.15, -0.1) is 0 Å². The number of nitrogens with one attached hydrogen (secondary N) is 2. The monoisotopic (exact) mass is 856 g/mol. The second-order valence-electron chi connectivity index (χ2n) is 15.5. The number of fused-ring (bicyclic) bond motifs is 2. The van der Waals surface area contributed by atoms with Crippen molar-refractivity contribution < 1.29 is 27.8 Å². The smallest absolute Gasteiger partial charge is 0.329 e. The predicted octanol–water partition coefficient (Wildman–Crippen LogP) is 7.27. The number of nitrogens with zero attached hydrogens (tertiary/aromatic N) is 8. The molecule has 0 spiro atoms. The number of nitriles is 1. The normalized spacial score (nSPS) is 17.9. The molecule has 2 N–H and O–H groups in total. The number of likely N-dealkylation sites (tertiary alicyclic amines) is 1. The molecule has 2 unspecified atom stereocenters. The molecule has 18 heteroatoms. The summed E-state index contributed by atoms with van der Waals surface area (Å²) in [6.07, 6.45) is 9.52. The number of hydrogen-bond donors (Lipinski definition) is 2. The van der Waals surface area contributed by atoms with Gasteiger partial charge in [-0.1, -0.05) is 26.2 Å². The third kappa shape index (κ3) is 9.97. The molecule has 2 aliphatic heterocycles. The number of benzene rings is 3. The molecule has 0 radical (unpaired) electrons. The first-order chi connectivity index (χ1) is 29.4. The van der Waals surface area contributed by atoms with Gasteiger partial charge in [0.15, 0.2) is 17.4 Å². The number of urea groups is 1. The van der Waals surface area contributed by atoms with Gasteiger partial charge in [-0.2, -0.15) is 10.4 Å². The quantitative estimate of drug-likeness (QED) is 0.121. The summed E-state index contributed by atoms with van der Waals surface area (Å²) >= 11 is 1.30. The number of hydrogen-bond acceptors (Lipinski definition) is 12. The topological polar surface area (TPSA) is 163 Å². The standard InChI is InChI=1S/C31H39FN6O3S.C12H11FN4O2/c1-4-36(3)42-35-29-13-11-27(32)30(26(29)17-33)41-23-10-12-28-25(16-23)31(39)38(20-34-28)21(2)19-40-24-14-15-37(18-24)22-8-6-5-7-9-22;1-16-9-3-2-7(13)6-8(9)11(15-16)17-5-4-10(18)14-12(17)19/h10-13,16,20-22,24,35H,4-9,14-15,18-19H2,1-3H3;2-3,6H,4-5H2,1H3,(H,14,18,19). The average molecular weight is 857 g/mol. The van der Waals surface area contributed by atoms with Gasteiger partial charge < -0.3 is 14.2 Å². The van der Waals surface area contributed by atoms with E-state index in [0.717, 1.165) is 31.6 Å². The SMILES string of the molecule is CCN(C)SNc1ccc(F)c(Oc2ccc3ncn(C(C)COC4CCN(C5CCCCC5)C4)c(=O)c3c2)c1C#N.Cn1nc(N2CCC(=O)NC2=O)c2cc(F)ccc21. The van der Waals surface area contributed by atoms with Gasteiger partial charge in [0, 0.05) is 63.2 Å². The van der Waals surface area contributed by atoms with Crippen LogP contribution in [0.5, 0.6) is 11.5 Å². The van der Waals surface area contributed by atoms with E-state index in [2.05, 4.69) is 25.0 Å². The molecule has 61 heavy (non-hydrogen) atoms. The van der Waals surface area contributed by atoms with E-state index >= 15 is 0 Å². The first-order valence-electron chi connectivity index (χ1n) is 20.6. The van der Waals surface area contributed by atoms with Gasteiger partial charge in [0.1, 0.15) is 23.2 Å². The summed E-state index contributed by atoms with van der Waals surface area (Å²) in [5.74, 6) is -0.978. The van der Waals surface area contributed by atoms with E-state index in [9.17, 15) is 28.4 Å². The lowest BCUT2D eigenvalue weighted by atomic mass is 9.94. The Morgan fingerprint density at radius 1 is 1.05 bits per heavy atom. The van der Waals surface area contributed by atoms with Crippen LogP contribution in [-0.4, -0.2) is 92.5 Å². The van der Waals surface area contributed by atoms with Crippen LogP contribution in [0, 0.1) is 23.0 Å². The van der Waals surface area contributed by atoms with Crippen molar-refractivity contribution in [2.24, 2.45) is 7.05 Å². The molecular formula is C43H50F2N10O5S. The minimum atomic E-state index is -0.672. The molecule has 1 saturated carbocycles. The highest BCUT2D eigenvalue weighted by atomic mass is 32.2. The van der Waals surface area contributed by atoms with Crippen LogP contribution in [-0.2, 0) is 16.6 Å². The van der Waals surface area contributed by atoms with Crippen LogP contribution in [0.15, 0.2) is 59.7 Å². The van der Waals surface area contributed by atoms with Crippen molar-refractivity contribution in [2.45, 2.75) is 77.0 Å². The predicted molar refractivity (Wildman–Crippen MR) is 230 cm³/mol.